The SMILES string of the molecule is CCC(C)Oc1ccc(C(=O)N2CCNC(C)C2C)cc1.Cl. The summed E-state index contributed by atoms with van der Waals surface area (Å²) < 4.78 is 5.75. The van der Waals surface area contributed by atoms with E-state index in [1.807, 2.05) is 36.1 Å². The Bertz CT molecular complexity index is 478. The summed E-state index contributed by atoms with van der Waals surface area (Å²) in [6, 6.07) is 8.03. The van der Waals surface area contributed by atoms with Gasteiger partial charge in [-0.2, -0.15) is 0 Å². The van der Waals surface area contributed by atoms with Gasteiger partial charge < -0.3 is 15.0 Å². The average Bonchev–Trinajstić information content (AvgIpc) is 2.50. The Labute approximate surface area is 139 Å². The Morgan fingerprint density at radius 1 is 1.36 bits per heavy atom. The highest BCUT2D eigenvalue weighted by Gasteiger charge is 2.28. The smallest absolute Gasteiger partial charge is 0.254 e. The molecule has 2 rings (SSSR count). The van der Waals surface area contributed by atoms with Gasteiger partial charge in [0.1, 0.15) is 5.75 Å². The predicted octanol–water partition coefficient (Wildman–Crippen LogP) is 3.11. The molecule has 1 aromatic carbocycles. The van der Waals surface area contributed by atoms with Crippen molar-refractivity contribution in [2.24, 2.45) is 0 Å². The lowest BCUT2D eigenvalue weighted by Gasteiger charge is -2.38. The van der Waals surface area contributed by atoms with Crippen LogP contribution >= 0.6 is 12.4 Å². The standard InChI is InChI=1S/C17H26N2O2.ClH/c1-5-12(2)21-16-8-6-15(7-9-16)17(20)19-11-10-18-13(3)14(19)4;/h6-9,12-14,18H,5,10-11H2,1-4H3;1H. The normalized spacial score (nSPS) is 22.6. The van der Waals surface area contributed by atoms with Crippen LogP contribution in [0.15, 0.2) is 24.3 Å². The van der Waals surface area contributed by atoms with Crippen LogP contribution < -0.4 is 10.1 Å². The van der Waals surface area contributed by atoms with Gasteiger partial charge in [-0.1, -0.05) is 6.92 Å². The van der Waals surface area contributed by atoms with Gasteiger partial charge in [-0.15, -0.1) is 12.4 Å². The fourth-order valence-electron chi connectivity index (χ4n) is 2.50. The number of benzene rings is 1. The minimum Gasteiger partial charge on any atom is -0.491 e. The largest absolute Gasteiger partial charge is 0.491 e. The molecule has 1 aromatic rings. The Balaban J connectivity index is 0.00000242. The van der Waals surface area contributed by atoms with Gasteiger partial charge in [-0.3, -0.25) is 4.79 Å². The second kappa shape index (κ2) is 8.39. The van der Waals surface area contributed by atoms with Crippen LogP contribution in [0, 0.1) is 0 Å². The molecular weight excluding hydrogens is 300 g/mol. The highest BCUT2D eigenvalue weighted by atomic mass is 35.5. The number of amides is 1. The molecule has 0 aliphatic carbocycles. The first kappa shape index (κ1) is 18.8. The quantitative estimate of drug-likeness (QED) is 0.924. The van der Waals surface area contributed by atoms with E-state index >= 15 is 0 Å². The second-order valence-electron chi connectivity index (χ2n) is 5.84. The van der Waals surface area contributed by atoms with Crippen molar-refractivity contribution in [2.45, 2.75) is 52.3 Å². The third kappa shape index (κ3) is 4.37. The van der Waals surface area contributed by atoms with Crippen molar-refractivity contribution < 1.29 is 9.53 Å². The van der Waals surface area contributed by atoms with E-state index in [1.165, 1.54) is 0 Å². The monoisotopic (exact) mass is 326 g/mol. The molecule has 1 N–H and O–H groups in total. The van der Waals surface area contributed by atoms with E-state index in [0.717, 1.165) is 30.8 Å². The van der Waals surface area contributed by atoms with Crippen LogP contribution in [0.1, 0.15) is 44.5 Å². The van der Waals surface area contributed by atoms with Crippen LogP contribution in [0.3, 0.4) is 0 Å². The lowest BCUT2D eigenvalue weighted by molar-refractivity contribution is 0.0603. The zero-order chi connectivity index (χ0) is 15.4. The topological polar surface area (TPSA) is 41.6 Å². The Kier molecular flexibility index (Phi) is 7.17. The molecule has 0 aromatic heterocycles. The van der Waals surface area contributed by atoms with Crippen molar-refractivity contribution in [3.63, 3.8) is 0 Å². The summed E-state index contributed by atoms with van der Waals surface area (Å²) >= 11 is 0. The van der Waals surface area contributed by atoms with Crippen LogP contribution in [-0.2, 0) is 0 Å². The average molecular weight is 327 g/mol. The van der Waals surface area contributed by atoms with E-state index in [-0.39, 0.29) is 30.5 Å². The molecule has 5 heteroatoms. The van der Waals surface area contributed by atoms with Crippen LogP contribution in [0.5, 0.6) is 5.75 Å². The summed E-state index contributed by atoms with van der Waals surface area (Å²) in [5.74, 6) is 0.925. The minimum absolute atomic E-state index is 0. The number of piperazine rings is 1. The van der Waals surface area contributed by atoms with Crippen molar-refractivity contribution >= 4 is 18.3 Å². The molecule has 1 saturated heterocycles. The molecule has 0 radical (unpaired) electrons. The van der Waals surface area contributed by atoms with E-state index in [2.05, 4.69) is 26.1 Å². The molecule has 0 saturated carbocycles. The Morgan fingerprint density at radius 2 is 2.00 bits per heavy atom. The van der Waals surface area contributed by atoms with Gasteiger partial charge in [0.25, 0.3) is 5.91 Å². The van der Waals surface area contributed by atoms with E-state index in [9.17, 15) is 4.79 Å². The highest BCUT2D eigenvalue weighted by molar-refractivity contribution is 5.94. The Hall–Kier alpha value is -1.26. The highest BCUT2D eigenvalue weighted by Crippen LogP contribution is 2.18. The lowest BCUT2D eigenvalue weighted by Crippen LogP contribution is -2.57. The Morgan fingerprint density at radius 3 is 2.59 bits per heavy atom. The van der Waals surface area contributed by atoms with Crippen LogP contribution in [-0.4, -0.2) is 42.1 Å². The third-order valence-electron chi connectivity index (χ3n) is 4.31. The molecule has 0 bridgehead atoms. The maximum absolute atomic E-state index is 12.6. The van der Waals surface area contributed by atoms with Gasteiger partial charge in [0.05, 0.1) is 6.10 Å². The molecule has 1 aliphatic heterocycles. The van der Waals surface area contributed by atoms with Crippen LogP contribution in [0.2, 0.25) is 0 Å². The van der Waals surface area contributed by atoms with E-state index in [0.29, 0.717) is 6.04 Å². The third-order valence-corrected chi connectivity index (χ3v) is 4.31. The summed E-state index contributed by atoms with van der Waals surface area (Å²) in [6.45, 7) is 9.96. The van der Waals surface area contributed by atoms with E-state index in [4.69, 9.17) is 4.74 Å². The molecule has 22 heavy (non-hydrogen) atoms. The molecule has 3 atom stereocenters. The summed E-state index contributed by atoms with van der Waals surface area (Å²) in [5, 5.41) is 3.39. The molecule has 1 fully saturated rings. The summed E-state index contributed by atoms with van der Waals surface area (Å²) in [6.07, 6.45) is 1.16. The van der Waals surface area contributed by atoms with E-state index in [1.54, 1.807) is 0 Å². The molecule has 124 valence electrons. The van der Waals surface area contributed by atoms with Crippen LogP contribution in [0.4, 0.5) is 0 Å². The molecule has 1 heterocycles. The minimum atomic E-state index is 0. The van der Waals surface area contributed by atoms with Crippen molar-refractivity contribution in [3.05, 3.63) is 29.8 Å². The van der Waals surface area contributed by atoms with Gasteiger partial charge in [0.15, 0.2) is 0 Å². The number of halogens is 1. The number of carbonyl (C=O) groups is 1. The van der Waals surface area contributed by atoms with Gasteiger partial charge >= 0.3 is 0 Å². The van der Waals surface area contributed by atoms with Crippen molar-refractivity contribution in [2.75, 3.05) is 13.1 Å². The number of carbonyl (C=O) groups excluding carboxylic acids is 1. The van der Waals surface area contributed by atoms with Crippen molar-refractivity contribution in [3.8, 4) is 5.75 Å². The fourth-order valence-corrected chi connectivity index (χ4v) is 2.50. The van der Waals surface area contributed by atoms with Gasteiger partial charge in [0.2, 0.25) is 0 Å². The predicted molar refractivity (Wildman–Crippen MR) is 92.0 cm³/mol. The maximum Gasteiger partial charge on any atom is 0.254 e. The molecule has 1 amide bonds. The second-order valence-corrected chi connectivity index (χ2v) is 5.84. The van der Waals surface area contributed by atoms with Crippen molar-refractivity contribution in [1.82, 2.24) is 10.2 Å². The first-order chi connectivity index (χ1) is 10.0. The number of nitrogens with zero attached hydrogens (tertiary/aromatic N) is 1. The molecule has 4 nitrogen and oxygen atoms in total. The number of nitrogens with one attached hydrogen (secondary N) is 1. The van der Waals surface area contributed by atoms with E-state index < -0.39 is 0 Å². The molecule has 1 aliphatic rings. The summed E-state index contributed by atoms with van der Waals surface area (Å²) in [5.41, 5.74) is 0.729. The van der Waals surface area contributed by atoms with Gasteiger partial charge in [-0.25, -0.2) is 0 Å². The number of hydrogen-bond donors (Lipinski definition) is 1. The first-order valence-electron chi connectivity index (χ1n) is 7.84. The van der Waals surface area contributed by atoms with Gasteiger partial charge in [-0.05, 0) is 51.5 Å². The zero-order valence-electron chi connectivity index (χ0n) is 13.8. The van der Waals surface area contributed by atoms with Crippen molar-refractivity contribution in [1.29, 1.82) is 0 Å². The molecule has 0 spiro atoms. The molecular formula is C17H27ClN2O2. The number of rotatable bonds is 4. The molecule has 3 unspecified atom stereocenters. The summed E-state index contributed by atoms with van der Waals surface area (Å²) in [4.78, 5) is 14.6. The fraction of sp³-hybridized carbons (Fsp3) is 0.588. The number of hydrogen-bond acceptors (Lipinski definition) is 3. The number of ether oxygens (including phenoxy) is 1. The zero-order valence-corrected chi connectivity index (χ0v) is 14.7. The lowest BCUT2D eigenvalue weighted by atomic mass is 10.1. The maximum atomic E-state index is 12.6. The van der Waals surface area contributed by atoms with Crippen LogP contribution in [0.25, 0.3) is 0 Å². The first-order valence-corrected chi connectivity index (χ1v) is 7.84. The van der Waals surface area contributed by atoms with Gasteiger partial charge in [0, 0.05) is 30.7 Å². The summed E-state index contributed by atoms with van der Waals surface area (Å²) in [7, 11) is 0.